The predicted octanol–water partition coefficient (Wildman–Crippen LogP) is 1.78. The second-order valence-electron chi connectivity index (χ2n) is 7.48. The van der Waals surface area contributed by atoms with Crippen LogP contribution in [0.1, 0.15) is 35.3 Å². The summed E-state index contributed by atoms with van der Waals surface area (Å²) in [5.74, 6) is 0. The van der Waals surface area contributed by atoms with Crippen LogP contribution in [0.2, 0.25) is 5.02 Å². The van der Waals surface area contributed by atoms with Crippen LogP contribution >= 0.6 is 11.6 Å². The number of fused-ring (bicyclic) bond motifs is 1. The van der Waals surface area contributed by atoms with Gasteiger partial charge in [0.25, 0.3) is 0 Å². The second-order valence-corrected chi connectivity index (χ2v) is 7.91. The molecule has 0 amide bonds. The van der Waals surface area contributed by atoms with E-state index >= 15 is 0 Å². The van der Waals surface area contributed by atoms with E-state index in [1.807, 2.05) is 0 Å². The van der Waals surface area contributed by atoms with Crippen molar-refractivity contribution in [3.8, 4) is 0 Å². The first-order valence-corrected chi connectivity index (χ1v) is 9.44. The summed E-state index contributed by atoms with van der Waals surface area (Å²) in [6, 6.07) is 6.42. The Morgan fingerprint density at radius 2 is 2.11 bits per heavy atom. The topological polar surface area (TPSA) is 122 Å². The van der Waals surface area contributed by atoms with Crippen LogP contribution in [0.4, 0.5) is 0 Å². The fourth-order valence-corrected chi connectivity index (χ4v) is 4.17. The number of aromatic amines is 1. The molecular formula is C20H22ClN3O4. The number of rotatable bonds is 4. The van der Waals surface area contributed by atoms with Crippen LogP contribution in [0.25, 0.3) is 0 Å². The Balaban J connectivity index is 1.62. The third-order valence-electron chi connectivity index (χ3n) is 5.67. The summed E-state index contributed by atoms with van der Waals surface area (Å²) < 4.78 is 6.10. The summed E-state index contributed by atoms with van der Waals surface area (Å²) in [4.78, 5) is 7.45. The number of aromatic nitrogens is 1. The van der Waals surface area contributed by atoms with Gasteiger partial charge in [-0.05, 0) is 36.2 Å². The molecule has 8 heteroatoms. The van der Waals surface area contributed by atoms with Gasteiger partial charge in [0, 0.05) is 29.4 Å². The molecule has 2 aliphatic rings. The van der Waals surface area contributed by atoms with E-state index in [9.17, 15) is 15.3 Å². The maximum absolute atomic E-state index is 11.0. The first-order valence-electron chi connectivity index (χ1n) is 9.06. The molecule has 2 aromatic rings. The molecule has 1 saturated heterocycles. The molecule has 7 nitrogen and oxygen atoms in total. The Hall–Kier alpha value is -2.03. The number of H-pyrrole nitrogens is 1. The number of aliphatic hydroxyl groups excluding tert-OH is 2. The number of aliphatic hydroxyl groups is 3. The highest BCUT2D eigenvalue weighted by molar-refractivity contribution is 6.37. The molecule has 4 rings (SSSR count). The quantitative estimate of drug-likeness (QED) is 0.534. The van der Waals surface area contributed by atoms with Crippen LogP contribution in [0.3, 0.4) is 0 Å². The van der Waals surface area contributed by atoms with Crippen molar-refractivity contribution in [2.75, 3.05) is 0 Å². The van der Waals surface area contributed by atoms with Crippen molar-refractivity contribution in [3.63, 3.8) is 0 Å². The number of halogens is 1. The molecule has 3 heterocycles. The number of hydrogen-bond donors (Lipinski definition) is 5. The van der Waals surface area contributed by atoms with E-state index in [1.165, 1.54) is 6.21 Å². The SMILES string of the molecule is C[C@]1(O)[C@H](O)[C@@H](C2N=CC(=N)c3cc[nH]c32)O[C@@H]1Cc1ccc(Cl)cc1CO. The monoisotopic (exact) mass is 403 g/mol. The van der Waals surface area contributed by atoms with Crippen LogP contribution < -0.4 is 0 Å². The smallest absolute Gasteiger partial charge is 0.119 e. The standard InChI is InChI=1S/C20H22ClN3O4/c1-20(27)15(7-10-2-3-12(21)6-11(10)9-25)28-18(19(20)26)17-16-13(4-5-23-16)14(22)8-24-17/h2-6,8,15,17-19,22-23,25-27H,7,9H2,1H3/t15-,17?,18-,19-,20-/m1/s1. The Bertz CT molecular complexity index is 939. The Morgan fingerprint density at radius 1 is 1.32 bits per heavy atom. The molecule has 0 radical (unpaired) electrons. The minimum atomic E-state index is -1.51. The molecule has 1 aromatic carbocycles. The molecule has 0 saturated carbocycles. The lowest BCUT2D eigenvalue weighted by atomic mass is 9.85. The number of benzene rings is 1. The van der Waals surface area contributed by atoms with E-state index in [1.54, 1.807) is 37.4 Å². The summed E-state index contributed by atoms with van der Waals surface area (Å²) >= 11 is 6.00. The molecule has 5 N–H and O–H groups in total. The molecular weight excluding hydrogens is 382 g/mol. The zero-order valence-corrected chi connectivity index (χ0v) is 16.0. The van der Waals surface area contributed by atoms with Crippen molar-refractivity contribution >= 4 is 23.5 Å². The molecule has 0 bridgehead atoms. The molecule has 0 spiro atoms. The van der Waals surface area contributed by atoms with Gasteiger partial charge in [0.2, 0.25) is 0 Å². The molecule has 148 valence electrons. The van der Waals surface area contributed by atoms with Gasteiger partial charge in [0.05, 0.1) is 24.1 Å². The largest absolute Gasteiger partial charge is 0.392 e. The summed E-state index contributed by atoms with van der Waals surface area (Å²) in [5.41, 5.74) is 1.62. The van der Waals surface area contributed by atoms with Crippen LogP contribution in [0, 0.1) is 5.41 Å². The van der Waals surface area contributed by atoms with Crippen LogP contribution in [0.5, 0.6) is 0 Å². The first-order chi connectivity index (χ1) is 13.3. The van der Waals surface area contributed by atoms with Crippen molar-refractivity contribution < 1.29 is 20.1 Å². The molecule has 1 fully saturated rings. The van der Waals surface area contributed by atoms with E-state index < -0.39 is 30.0 Å². The lowest BCUT2D eigenvalue weighted by Gasteiger charge is -2.28. The van der Waals surface area contributed by atoms with Gasteiger partial charge >= 0.3 is 0 Å². The number of nitrogens with one attached hydrogen (secondary N) is 2. The number of aliphatic imine (C=N–C) groups is 1. The summed E-state index contributed by atoms with van der Waals surface area (Å²) in [6.45, 7) is 1.36. The molecule has 1 unspecified atom stereocenters. The zero-order valence-electron chi connectivity index (χ0n) is 15.3. The predicted molar refractivity (Wildman–Crippen MR) is 105 cm³/mol. The second kappa shape index (κ2) is 7.09. The molecule has 5 atom stereocenters. The van der Waals surface area contributed by atoms with E-state index in [2.05, 4.69) is 9.98 Å². The Labute approximate surface area is 167 Å². The van der Waals surface area contributed by atoms with E-state index in [0.29, 0.717) is 28.3 Å². The molecule has 28 heavy (non-hydrogen) atoms. The van der Waals surface area contributed by atoms with Crippen molar-refractivity contribution in [1.29, 1.82) is 5.41 Å². The third kappa shape index (κ3) is 3.09. The van der Waals surface area contributed by atoms with E-state index in [0.717, 1.165) is 5.56 Å². The zero-order chi connectivity index (χ0) is 20.1. The average molecular weight is 404 g/mol. The third-order valence-corrected chi connectivity index (χ3v) is 5.90. The highest BCUT2D eigenvalue weighted by atomic mass is 35.5. The van der Waals surface area contributed by atoms with Crippen molar-refractivity contribution in [2.45, 2.75) is 49.9 Å². The van der Waals surface area contributed by atoms with Crippen molar-refractivity contribution in [3.05, 3.63) is 57.9 Å². The van der Waals surface area contributed by atoms with Gasteiger partial charge in [-0.3, -0.25) is 10.4 Å². The van der Waals surface area contributed by atoms with Crippen LogP contribution in [0.15, 0.2) is 35.5 Å². The molecule has 0 aliphatic carbocycles. The number of ether oxygens (including phenoxy) is 1. The molecule has 1 aromatic heterocycles. The maximum Gasteiger partial charge on any atom is 0.119 e. The summed E-state index contributed by atoms with van der Waals surface area (Å²) in [7, 11) is 0. The Morgan fingerprint density at radius 3 is 2.86 bits per heavy atom. The Kier molecular flexibility index (Phi) is 4.89. The highest BCUT2D eigenvalue weighted by Crippen LogP contribution is 2.41. The van der Waals surface area contributed by atoms with E-state index in [4.69, 9.17) is 21.7 Å². The number of hydrogen-bond acceptors (Lipinski definition) is 6. The van der Waals surface area contributed by atoms with Gasteiger partial charge in [-0.15, -0.1) is 0 Å². The first kappa shape index (κ1) is 19.3. The van der Waals surface area contributed by atoms with Gasteiger partial charge in [-0.2, -0.15) is 0 Å². The van der Waals surface area contributed by atoms with E-state index in [-0.39, 0.29) is 12.3 Å². The fraction of sp³-hybridized carbons (Fsp3) is 0.400. The van der Waals surface area contributed by atoms with Crippen molar-refractivity contribution in [1.82, 2.24) is 4.98 Å². The summed E-state index contributed by atoms with van der Waals surface area (Å²) in [6.07, 6.45) is 0.826. The number of nitrogens with zero attached hydrogens (tertiary/aromatic N) is 1. The lowest BCUT2D eigenvalue weighted by Crippen LogP contribution is -2.47. The maximum atomic E-state index is 11.0. The van der Waals surface area contributed by atoms with Gasteiger partial charge in [-0.25, -0.2) is 0 Å². The van der Waals surface area contributed by atoms with Crippen LogP contribution in [-0.4, -0.2) is 56.1 Å². The van der Waals surface area contributed by atoms with Gasteiger partial charge < -0.3 is 25.0 Å². The molecule has 2 aliphatic heterocycles. The average Bonchev–Trinajstić information content (AvgIpc) is 3.24. The minimum Gasteiger partial charge on any atom is -0.392 e. The summed E-state index contributed by atoms with van der Waals surface area (Å²) in [5, 5.41) is 39.9. The highest BCUT2D eigenvalue weighted by Gasteiger charge is 2.55. The fourth-order valence-electron chi connectivity index (χ4n) is 3.98. The van der Waals surface area contributed by atoms with Crippen LogP contribution in [-0.2, 0) is 17.8 Å². The van der Waals surface area contributed by atoms with Gasteiger partial charge in [0.1, 0.15) is 23.9 Å². The minimum absolute atomic E-state index is 0.183. The van der Waals surface area contributed by atoms with Gasteiger partial charge in [-0.1, -0.05) is 17.7 Å². The van der Waals surface area contributed by atoms with Crippen molar-refractivity contribution in [2.24, 2.45) is 4.99 Å². The normalized spacial score (nSPS) is 32.0. The van der Waals surface area contributed by atoms with Gasteiger partial charge in [0.15, 0.2) is 0 Å². The lowest BCUT2D eigenvalue weighted by molar-refractivity contribution is -0.0626.